The fourth-order valence-electron chi connectivity index (χ4n) is 2.17. The summed E-state index contributed by atoms with van der Waals surface area (Å²) in [4.78, 5) is 9.42. The van der Waals surface area contributed by atoms with Crippen LogP contribution in [0.3, 0.4) is 0 Å². The van der Waals surface area contributed by atoms with Gasteiger partial charge in [0.2, 0.25) is 0 Å². The first-order valence-electron chi connectivity index (χ1n) is 6.87. The molecule has 110 valence electrons. The molecule has 0 spiro atoms. The number of hydrogen-bond acceptors (Lipinski definition) is 3. The topological polar surface area (TPSA) is 37.8 Å². The second kappa shape index (κ2) is 6.23. The predicted molar refractivity (Wildman–Crippen MR) is 94.0 cm³/mol. The molecule has 3 nitrogen and oxygen atoms in total. The first-order chi connectivity index (χ1) is 10.1. The molecular formula is C15H14Br2ClN3. The molecule has 0 aliphatic heterocycles. The number of rotatable bonds is 4. The van der Waals surface area contributed by atoms with E-state index in [1.165, 1.54) is 12.8 Å². The SMILES string of the molecule is CCNc1nc(-c2ccc(Cl)cc2Br)nc(C2CC2)c1Br. The van der Waals surface area contributed by atoms with Gasteiger partial charge in [0.05, 0.1) is 10.2 Å². The van der Waals surface area contributed by atoms with E-state index in [1.807, 2.05) is 18.2 Å². The highest BCUT2D eigenvalue weighted by molar-refractivity contribution is 9.11. The van der Waals surface area contributed by atoms with Crippen molar-refractivity contribution in [2.45, 2.75) is 25.7 Å². The van der Waals surface area contributed by atoms with Crippen LogP contribution in [0, 0.1) is 0 Å². The first kappa shape index (κ1) is 15.3. The van der Waals surface area contributed by atoms with E-state index in [0.717, 1.165) is 38.4 Å². The molecule has 0 saturated heterocycles. The van der Waals surface area contributed by atoms with E-state index in [4.69, 9.17) is 16.6 Å². The highest BCUT2D eigenvalue weighted by atomic mass is 79.9. The average molecular weight is 432 g/mol. The van der Waals surface area contributed by atoms with Crippen molar-refractivity contribution in [2.75, 3.05) is 11.9 Å². The summed E-state index contributed by atoms with van der Waals surface area (Å²) >= 11 is 13.2. The Balaban J connectivity index is 2.13. The summed E-state index contributed by atoms with van der Waals surface area (Å²) in [6, 6.07) is 5.67. The summed E-state index contributed by atoms with van der Waals surface area (Å²) in [5.41, 5.74) is 2.05. The molecule has 1 aliphatic carbocycles. The zero-order valence-corrected chi connectivity index (χ0v) is 15.4. The molecule has 0 amide bonds. The Labute approximate surface area is 145 Å². The summed E-state index contributed by atoms with van der Waals surface area (Å²) in [5, 5.41) is 3.99. The molecule has 6 heteroatoms. The normalized spacial score (nSPS) is 14.3. The smallest absolute Gasteiger partial charge is 0.162 e. The third-order valence-corrected chi connectivity index (χ3v) is 5.03. The maximum atomic E-state index is 6.01. The van der Waals surface area contributed by atoms with Crippen molar-refractivity contribution in [1.29, 1.82) is 0 Å². The Kier molecular flexibility index (Phi) is 4.52. The predicted octanol–water partition coefficient (Wildman–Crippen LogP) is 5.63. The molecule has 1 aromatic carbocycles. The number of nitrogens with zero attached hydrogens (tertiary/aromatic N) is 2. The van der Waals surface area contributed by atoms with Gasteiger partial charge >= 0.3 is 0 Å². The van der Waals surface area contributed by atoms with Crippen molar-refractivity contribution in [3.8, 4) is 11.4 Å². The van der Waals surface area contributed by atoms with Crippen LogP contribution in [-0.2, 0) is 0 Å². The number of hydrogen-bond donors (Lipinski definition) is 1. The second-order valence-corrected chi connectivity index (χ2v) is 7.11. The van der Waals surface area contributed by atoms with Gasteiger partial charge in [0.1, 0.15) is 5.82 Å². The zero-order chi connectivity index (χ0) is 15.0. The molecule has 2 aromatic rings. The first-order valence-corrected chi connectivity index (χ1v) is 8.83. The monoisotopic (exact) mass is 429 g/mol. The van der Waals surface area contributed by atoms with Crippen molar-refractivity contribution < 1.29 is 0 Å². The van der Waals surface area contributed by atoms with E-state index in [-0.39, 0.29) is 0 Å². The number of aromatic nitrogens is 2. The quantitative estimate of drug-likeness (QED) is 0.682. The minimum Gasteiger partial charge on any atom is -0.369 e. The summed E-state index contributed by atoms with van der Waals surface area (Å²) in [7, 11) is 0. The lowest BCUT2D eigenvalue weighted by atomic mass is 10.2. The molecule has 0 radical (unpaired) electrons. The van der Waals surface area contributed by atoms with Gasteiger partial charge in [-0.2, -0.15) is 0 Å². The number of benzene rings is 1. The minimum atomic E-state index is 0.546. The molecule has 1 saturated carbocycles. The highest BCUT2D eigenvalue weighted by Gasteiger charge is 2.29. The lowest BCUT2D eigenvalue weighted by molar-refractivity contribution is 0.973. The van der Waals surface area contributed by atoms with Gasteiger partial charge in [0.15, 0.2) is 5.82 Å². The standard InChI is InChI=1S/C15H14Br2ClN3/c1-2-19-15-12(17)13(8-3-4-8)20-14(21-15)10-6-5-9(18)7-11(10)16/h5-8H,2-4H2,1H3,(H,19,20,21). The van der Waals surface area contributed by atoms with E-state index in [9.17, 15) is 0 Å². The van der Waals surface area contributed by atoms with E-state index in [1.54, 1.807) is 0 Å². The molecule has 1 aliphatic rings. The van der Waals surface area contributed by atoms with Crippen LogP contribution in [0.15, 0.2) is 27.1 Å². The average Bonchev–Trinajstić information content (AvgIpc) is 3.26. The molecule has 0 bridgehead atoms. The van der Waals surface area contributed by atoms with Gasteiger partial charge in [-0.3, -0.25) is 0 Å². The third kappa shape index (κ3) is 3.25. The lowest BCUT2D eigenvalue weighted by Crippen LogP contribution is -2.06. The fourth-order valence-corrected chi connectivity index (χ4v) is 3.67. The molecule has 0 unspecified atom stereocenters. The summed E-state index contributed by atoms with van der Waals surface area (Å²) in [5.74, 6) is 2.12. The minimum absolute atomic E-state index is 0.546. The largest absolute Gasteiger partial charge is 0.369 e. The van der Waals surface area contributed by atoms with E-state index < -0.39 is 0 Å². The number of nitrogens with one attached hydrogen (secondary N) is 1. The number of anilines is 1. The Morgan fingerprint density at radius 1 is 1.29 bits per heavy atom. The van der Waals surface area contributed by atoms with Crippen molar-refractivity contribution in [2.24, 2.45) is 0 Å². The molecule has 1 fully saturated rings. The van der Waals surface area contributed by atoms with E-state index >= 15 is 0 Å². The molecular weight excluding hydrogens is 417 g/mol. The Morgan fingerprint density at radius 2 is 2.05 bits per heavy atom. The van der Waals surface area contributed by atoms with Crippen LogP contribution in [0.5, 0.6) is 0 Å². The third-order valence-electron chi connectivity index (χ3n) is 3.36. The summed E-state index contributed by atoms with van der Waals surface area (Å²) < 4.78 is 1.89. The van der Waals surface area contributed by atoms with Crippen LogP contribution in [0.4, 0.5) is 5.82 Å². The Bertz CT molecular complexity index is 687. The maximum absolute atomic E-state index is 6.01. The van der Waals surface area contributed by atoms with Crippen LogP contribution in [0.2, 0.25) is 5.02 Å². The molecule has 0 atom stereocenters. The molecule has 1 heterocycles. The van der Waals surface area contributed by atoms with Gasteiger partial charge in [-0.05, 0) is 69.8 Å². The van der Waals surface area contributed by atoms with E-state index in [2.05, 4.69) is 49.1 Å². The van der Waals surface area contributed by atoms with Crippen molar-refractivity contribution in [1.82, 2.24) is 9.97 Å². The lowest BCUT2D eigenvalue weighted by Gasteiger charge is -2.13. The molecule has 3 rings (SSSR count). The summed E-state index contributed by atoms with van der Waals surface area (Å²) in [6.07, 6.45) is 2.39. The van der Waals surface area contributed by atoms with Crippen LogP contribution < -0.4 is 5.32 Å². The van der Waals surface area contributed by atoms with Gasteiger partial charge < -0.3 is 5.32 Å². The fraction of sp³-hybridized carbons (Fsp3) is 0.333. The van der Waals surface area contributed by atoms with Crippen molar-refractivity contribution in [3.05, 3.63) is 37.9 Å². The second-order valence-electron chi connectivity index (χ2n) is 5.02. The molecule has 21 heavy (non-hydrogen) atoms. The summed E-state index contributed by atoms with van der Waals surface area (Å²) in [6.45, 7) is 2.88. The van der Waals surface area contributed by atoms with Crippen molar-refractivity contribution >= 4 is 49.3 Å². The highest BCUT2D eigenvalue weighted by Crippen LogP contribution is 2.44. The Hall–Kier alpha value is -0.650. The van der Waals surface area contributed by atoms with Gasteiger partial charge in [0.25, 0.3) is 0 Å². The van der Waals surface area contributed by atoms with Crippen LogP contribution in [-0.4, -0.2) is 16.5 Å². The zero-order valence-electron chi connectivity index (χ0n) is 11.5. The van der Waals surface area contributed by atoms with Crippen LogP contribution >= 0.6 is 43.5 Å². The van der Waals surface area contributed by atoms with Crippen LogP contribution in [0.1, 0.15) is 31.4 Å². The maximum Gasteiger partial charge on any atom is 0.162 e. The van der Waals surface area contributed by atoms with Crippen molar-refractivity contribution in [3.63, 3.8) is 0 Å². The van der Waals surface area contributed by atoms with Gasteiger partial charge in [-0.15, -0.1) is 0 Å². The van der Waals surface area contributed by atoms with Crippen LogP contribution in [0.25, 0.3) is 11.4 Å². The molecule has 1 aromatic heterocycles. The number of halogens is 3. The van der Waals surface area contributed by atoms with E-state index in [0.29, 0.717) is 10.9 Å². The molecule has 1 N–H and O–H groups in total. The Morgan fingerprint density at radius 3 is 2.67 bits per heavy atom. The van der Waals surface area contributed by atoms with Gasteiger partial charge in [-0.25, -0.2) is 9.97 Å². The van der Waals surface area contributed by atoms with Gasteiger partial charge in [0, 0.05) is 27.5 Å². The van der Waals surface area contributed by atoms with Gasteiger partial charge in [-0.1, -0.05) is 11.6 Å².